The predicted molar refractivity (Wildman–Crippen MR) is 100 cm³/mol. The van der Waals surface area contributed by atoms with Crippen molar-refractivity contribution in [2.24, 2.45) is 0 Å². The zero-order chi connectivity index (χ0) is 18.4. The van der Waals surface area contributed by atoms with E-state index >= 15 is 0 Å². The molecule has 0 unspecified atom stereocenters. The number of anilines is 1. The summed E-state index contributed by atoms with van der Waals surface area (Å²) < 4.78 is 5.19. The Kier molecular flexibility index (Phi) is 6.34. The fourth-order valence-electron chi connectivity index (χ4n) is 2.76. The Morgan fingerprint density at radius 1 is 0.960 bits per heavy atom. The number of amides is 1. The molecule has 1 N–H and O–H groups in total. The second kappa shape index (κ2) is 8.47. The Balaban J connectivity index is 2.04. The topological polar surface area (TPSA) is 55.4 Å². The van der Waals surface area contributed by atoms with Crippen LogP contribution < -0.4 is 5.32 Å². The fourth-order valence-corrected chi connectivity index (χ4v) is 2.76. The summed E-state index contributed by atoms with van der Waals surface area (Å²) in [4.78, 5) is 24.5. The van der Waals surface area contributed by atoms with E-state index < -0.39 is 5.97 Å². The monoisotopic (exact) mass is 339 g/mol. The standard InChI is InChI=1S/C21H25NO3/c1-5-16-10-8-11-17(6-2)20(16)22-19(23)13-25-21(24)18-12-7-9-14(3)15(18)4/h7-12H,5-6,13H2,1-4H3,(H,22,23). The highest BCUT2D eigenvalue weighted by Gasteiger charge is 2.15. The van der Waals surface area contributed by atoms with E-state index in [9.17, 15) is 9.59 Å². The number of hydrogen-bond acceptors (Lipinski definition) is 3. The van der Waals surface area contributed by atoms with Crippen molar-refractivity contribution < 1.29 is 14.3 Å². The first-order chi connectivity index (χ1) is 12.0. The minimum atomic E-state index is -0.476. The maximum absolute atomic E-state index is 12.2. The second-order valence-corrected chi connectivity index (χ2v) is 6.03. The van der Waals surface area contributed by atoms with Crippen LogP contribution >= 0.6 is 0 Å². The molecule has 0 aliphatic carbocycles. The van der Waals surface area contributed by atoms with E-state index in [1.54, 1.807) is 6.07 Å². The number of carbonyl (C=O) groups is 2. The minimum Gasteiger partial charge on any atom is -0.452 e. The third-order valence-electron chi connectivity index (χ3n) is 4.42. The van der Waals surface area contributed by atoms with Crippen molar-refractivity contribution in [3.8, 4) is 0 Å². The van der Waals surface area contributed by atoms with Gasteiger partial charge in [-0.05, 0) is 55.0 Å². The summed E-state index contributed by atoms with van der Waals surface area (Å²) in [7, 11) is 0. The largest absolute Gasteiger partial charge is 0.452 e. The lowest BCUT2D eigenvalue weighted by atomic mass is 10.0. The average Bonchev–Trinajstić information content (AvgIpc) is 2.62. The van der Waals surface area contributed by atoms with Crippen LogP contribution in [0.2, 0.25) is 0 Å². The van der Waals surface area contributed by atoms with E-state index in [1.807, 2.05) is 58.0 Å². The number of aryl methyl sites for hydroxylation is 3. The van der Waals surface area contributed by atoms with Gasteiger partial charge in [-0.2, -0.15) is 0 Å². The molecule has 0 aliphatic rings. The molecule has 0 radical (unpaired) electrons. The highest BCUT2D eigenvalue weighted by Crippen LogP contribution is 2.22. The van der Waals surface area contributed by atoms with Gasteiger partial charge in [0.1, 0.15) is 0 Å². The summed E-state index contributed by atoms with van der Waals surface area (Å²) in [6.45, 7) is 7.60. The van der Waals surface area contributed by atoms with Crippen molar-refractivity contribution in [3.63, 3.8) is 0 Å². The molecule has 0 atom stereocenters. The average molecular weight is 339 g/mol. The van der Waals surface area contributed by atoms with Crippen LogP contribution in [0.4, 0.5) is 5.69 Å². The van der Waals surface area contributed by atoms with Crippen LogP contribution in [0.1, 0.15) is 46.5 Å². The molecule has 0 bridgehead atoms. The van der Waals surface area contributed by atoms with E-state index in [0.29, 0.717) is 5.56 Å². The molecule has 4 heteroatoms. The summed E-state index contributed by atoms with van der Waals surface area (Å²) in [5, 5.41) is 2.90. The number of ether oxygens (including phenoxy) is 1. The summed E-state index contributed by atoms with van der Waals surface area (Å²) in [6.07, 6.45) is 1.65. The van der Waals surface area contributed by atoms with Gasteiger partial charge in [0.2, 0.25) is 0 Å². The number of rotatable bonds is 6. The Morgan fingerprint density at radius 3 is 2.16 bits per heavy atom. The molecular weight excluding hydrogens is 314 g/mol. The van der Waals surface area contributed by atoms with Gasteiger partial charge in [-0.1, -0.05) is 44.2 Å². The molecule has 0 saturated heterocycles. The zero-order valence-corrected chi connectivity index (χ0v) is 15.3. The van der Waals surface area contributed by atoms with Crippen LogP contribution in [0.3, 0.4) is 0 Å². The van der Waals surface area contributed by atoms with Crippen LogP contribution in [0, 0.1) is 13.8 Å². The van der Waals surface area contributed by atoms with E-state index in [-0.39, 0.29) is 12.5 Å². The lowest BCUT2D eigenvalue weighted by Crippen LogP contribution is -2.22. The molecule has 0 spiro atoms. The SMILES string of the molecule is CCc1cccc(CC)c1NC(=O)COC(=O)c1cccc(C)c1C. The maximum atomic E-state index is 12.2. The first kappa shape index (κ1) is 18.7. The molecule has 0 aliphatic heterocycles. The molecule has 0 heterocycles. The van der Waals surface area contributed by atoms with Crippen molar-refractivity contribution in [1.29, 1.82) is 0 Å². The Labute approximate surface area is 149 Å². The van der Waals surface area contributed by atoms with Crippen LogP contribution in [0.25, 0.3) is 0 Å². The molecule has 2 aromatic carbocycles. The highest BCUT2D eigenvalue weighted by molar-refractivity contribution is 5.97. The van der Waals surface area contributed by atoms with Crippen LogP contribution in [0.15, 0.2) is 36.4 Å². The molecule has 0 aromatic heterocycles. The van der Waals surface area contributed by atoms with E-state index in [0.717, 1.165) is 40.8 Å². The fraction of sp³-hybridized carbons (Fsp3) is 0.333. The van der Waals surface area contributed by atoms with Crippen molar-refractivity contribution >= 4 is 17.6 Å². The number of para-hydroxylation sites is 1. The molecule has 1 amide bonds. The molecule has 0 fully saturated rings. The maximum Gasteiger partial charge on any atom is 0.338 e. The van der Waals surface area contributed by atoms with Gasteiger partial charge in [0, 0.05) is 5.69 Å². The van der Waals surface area contributed by atoms with Gasteiger partial charge in [0.25, 0.3) is 5.91 Å². The Bertz CT molecular complexity index is 758. The smallest absolute Gasteiger partial charge is 0.338 e. The number of esters is 1. The van der Waals surface area contributed by atoms with Crippen molar-refractivity contribution in [2.45, 2.75) is 40.5 Å². The molecule has 4 nitrogen and oxygen atoms in total. The predicted octanol–water partition coefficient (Wildman–Crippen LogP) is 4.22. The zero-order valence-electron chi connectivity index (χ0n) is 15.3. The van der Waals surface area contributed by atoms with E-state index in [4.69, 9.17) is 4.74 Å². The summed E-state index contributed by atoms with van der Waals surface area (Å²) in [6, 6.07) is 11.4. The molecule has 2 rings (SSSR count). The van der Waals surface area contributed by atoms with Crippen molar-refractivity contribution in [2.75, 3.05) is 11.9 Å². The minimum absolute atomic E-state index is 0.298. The number of carbonyl (C=O) groups excluding carboxylic acids is 2. The quantitative estimate of drug-likeness (QED) is 0.802. The summed E-state index contributed by atoms with van der Waals surface area (Å²) in [5.41, 5.74) is 5.37. The van der Waals surface area contributed by atoms with Gasteiger partial charge in [0.05, 0.1) is 5.56 Å². The number of nitrogens with one attached hydrogen (secondary N) is 1. The lowest BCUT2D eigenvalue weighted by molar-refractivity contribution is -0.119. The molecular formula is C21H25NO3. The van der Waals surface area contributed by atoms with Gasteiger partial charge in [-0.25, -0.2) is 4.79 Å². The van der Waals surface area contributed by atoms with Crippen molar-refractivity contribution in [3.05, 3.63) is 64.2 Å². The van der Waals surface area contributed by atoms with Crippen LogP contribution in [-0.2, 0) is 22.4 Å². The first-order valence-electron chi connectivity index (χ1n) is 8.61. The molecule has 0 saturated carbocycles. The van der Waals surface area contributed by atoms with Crippen LogP contribution in [-0.4, -0.2) is 18.5 Å². The van der Waals surface area contributed by atoms with Gasteiger partial charge in [-0.3, -0.25) is 4.79 Å². The lowest BCUT2D eigenvalue weighted by Gasteiger charge is -2.14. The van der Waals surface area contributed by atoms with Gasteiger partial charge in [-0.15, -0.1) is 0 Å². The summed E-state index contributed by atoms with van der Waals surface area (Å²) >= 11 is 0. The first-order valence-corrected chi connectivity index (χ1v) is 8.61. The number of benzene rings is 2. The third-order valence-corrected chi connectivity index (χ3v) is 4.42. The molecule has 25 heavy (non-hydrogen) atoms. The Hall–Kier alpha value is -2.62. The third kappa shape index (κ3) is 4.47. The Morgan fingerprint density at radius 2 is 1.56 bits per heavy atom. The van der Waals surface area contributed by atoms with Gasteiger partial charge in [0.15, 0.2) is 6.61 Å². The normalized spacial score (nSPS) is 10.4. The van der Waals surface area contributed by atoms with E-state index in [2.05, 4.69) is 5.32 Å². The van der Waals surface area contributed by atoms with Gasteiger partial charge >= 0.3 is 5.97 Å². The highest BCUT2D eigenvalue weighted by atomic mass is 16.5. The molecule has 132 valence electrons. The van der Waals surface area contributed by atoms with E-state index in [1.165, 1.54) is 0 Å². The van der Waals surface area contributed by atoms with Crippen molar-refractivity contribution in [1.82, 2.24) is 0 Å². The van der Waals surface area contributed by atoms with Gasteiger partial charge < -0.3 is 10.1 Å². The number of hydrogen-bond donors (Lipinski definition) is 1. The second-order valence-electron chi connectivity index (χ2n) is 6.03. The molecule has 2 aromatic rings. The van der Waals surface area contributed by atoms with Crippen LogP contribution in [0.5, 0.6) is 0 Å². The summed E-state index contributed by atoms with van der Waals surface area (Å²) in [5.74, 6) is -0.801.